The van der Waals surface area contributed by atoms with Crippen LogP contribution in [0.15, 0.2) is 0 Å². The molecule has 0 aromatic carbocycles. The number of rotatable bonds is 4. The summed E-state index contributed by atoms with van der Waals surface area (Å²) in [5.74, 6) is 1.61. The molecule has 0 heterocycles. The van der Waals surface area contributed by atoms with Crippen molar-refractivity contribution in [2.75, 3.05) is 0 Å². The summed E-state index contributed by atoms with van der Waals surface area (Å²) >= 11 is 0. The highest BCUT2D eigenvalue weighted by molar-refractivity contribution is 7.86. The van der Waals surface area contributed by atoms with Crippen molar-refractivity contribution in [2.24, 2.45) is 11.8 Å². The van der Waals surface area contributed by atoms with E-state index >= 15 is 0 Å². The molecule has 0 aromatic heterocycles. The summed E-state index contributed by atoms with van der Waals surface area (Å²) in [6, 6.07) is 0. The van der Waals surface area contributed by atoms with E-state index in [9.17, 15) is 13.2 Å². The van der Waals surface area contributed by atoms with Gasteiger partial charge in [-0.25, -0.2) is 8.42 Å². The minimum absolute atomic E-state index is 0.509. The van der Waals surface area contributed by atoms with E-state index in [1.165, 1.54) is 0 Å². The van der Waals surface area contributed by atoms with Gasteiger partial charge in [-0.05, 0) is 48.1 Å². The summed E-state index contributed by atoms with van der Waals surface area (Å²) in [5, 5.41) is 1.10. The first-order valence-corrected chi connectivity index (χ1v) is 9.30. The summed E-state index contributed by atoms with van der Waals surface area (Å²) in [6.07, 6.45) is 0. The van der Waals surface area contributed by atoms with Gasteiger partial charge in [0.15, 0.2) is 10.1 Å². The lowest BCUT2D eigenvalue weighted by atomic mass is 9.98. The van der Waals surface area contributed by atoms with Gasteiger partial charge >= 0.3 is 5.51 Å². The molecule has 0 spiro atoms. The average molecular weight is 352 g/mol. The molecular formula is C13H28F3O3PS. The van der Waals surface area contributed by atoms with Crippen molar-refractivity contribution in [2.45, 2.75) is 71.2 Å². The molecule has 0 amide bonds. The van der Waals surface area contributed by atoms with Gasteiger partial charge < -0.3 is 4.55 Å². The van der Waals surface area contributed by atoms with Crippen LogP contribution in [0.5, 0.6) is 0 Å². The second-order valence-corrected chi connectivity index (χ2v) is 11.6. The molecule has 0 saturated heterocycles. The minimum Gasteiger partial charge on any atom is -0.741 e. The molecule has 3 nitrogen and oxygen atoms in total. The lowest BCUT2D eigenvalue weighted by Crippen LogP contribution is -2.31. The SMILES string of the molecule is CC(C)C(C)(C)[PH2+]C(C)(C)C(C)C.O=S(=O)([O-])C(F)(F)F. The molecule has 0 unspecified atom stereocenters. The largest absolute Gasteiger partial charge is 0.741 e. The topological polar surface area (TPSA) is 57.2 Å². The predicted molar refractivity (Wildman–Crippen MR) is 83.3 cm³/mol. The molecule has 8 heteroatoms. The Morgan fingerprint density at radius 1 is 0.857 bits per heavy atom. The molecular weight excluding hydrogens is 324 g/mol. The fourth-order valence-electron chi connectivity index (χ4n) is 1.29. The Hall–Kier alpha value is 0.130. The second kappa shape index (κ2) is 7.60. The standard InChI is InChI=1S/C12H27P.CHF3O3S/c1-9(2)11(5,6)13-12(7,8)10(3)4;2-1(3,4)8(5,6)7/h9-10,13H,1-8H3;(H,5,6,7). The first-order valence-electron chi connectivity index (χ1n) is 6.74. The van der Waals surface area contributed by atoms with Crippen LogP contribution in [-0.2, 0) is 10.1 Å². The van der Waals surface area contributed by atoms with Crippen molar-refractivity contribution in [3.05, 3.63) is 0 Å². The maximum Gasteiger partial charge on any atom is 0.485 e. The van der Waals surface area contributed by atoms with Gasteiger partial charge in [0, 0.05) is 0 Å². The Labute approximate surface area is 128 Å². The first kappa shape index (κ1) is 23.4. The number of alkyl halides is 3. The summed E-state index contributed by atoms with van der Waals surface area (Å²) in [4.78, 5) is 0. The summed E-state index contributed by atoms with van der Waals surface area (Å²) in [7, 11) is -5.58. The van der Waals surface area contributed by atoms with Crippen LogP contribution in [0.3, 0.4) is 0 Å². The number of halogens is 3. The quantitative estimate of drug-likeness (QED) is 0.430. The van der Waals surface area contributed by atoms with Crippen LogP contribution in [-0.4, -0.2) is 28.8 Å². The van der Waals surface area contributed by atoms with Gasteiger partial charge in [-0.1, -0.05) is 27.7 Å². The fourth-order valence-corrected chi connectivity index (χ4v) is 3.88. The summed E-state index contributed by atoms with van der Waals surface area (Å²) in [6.45, 7) is 19.1. The molecule has 0 atom stereocenters. The monoisotopic (exact) mass is 352 g/mol. The Kier molecular flexibility index (Phi) is 8.47. The first-order chi connectivity index (χ1) is 8.84. The molecule has 130 valence electrons. The fraction of sp³-hybridized carbons (Fsp3) is 1.00. The van der Waals surface area contributed by atoms with E-state index in [0.29, 0.717) is 18.9 Å². The zero-order valence-electron chi connectivity index (χ0n) is 14.0. The molecule has 0 aromatic rings. The molecule has 0 aliphatic carbocycles. The van der Waals surface area contributed by atoms with Crippen LogP contribution < -0.4 is 0 Å². The van der Waals surface area contributed by atoms with Crippen molar-refractivity contribution in [3.63, 3.8) is 0 Å². The second-order valence-electron chi connectivity index (χ2n) is 7.00. The van der Waals surface area contributed by atoms with Crippen molar-refractivity contribution in [1.29, 1.82) is 0 Å². The molecule has 0 radical (unpaired) electrons. The maximum atomic E-state index is 10.7. The van der Waals surface area contributed by atoms with Crippen LogP contribution in [0.1, 0.15) is 55.4 Å². The lowest BCUT2D eigenvalue weighted by Gasteiger charge is -2.34. The van der Waals surface area contributed by atoms with Gasteiger partial charge in [0.05, 0.1) is 10.3 Å². The molecule has 0 fully saturated rings. The van der Waals surface area contributed by atoms with E-state index in [-0.39, 0.29) is 0 Å². The van der Waals surface area contributed by atoms with E-state index in [4.69, 9.17) is 13.0 Å². The minimum atomic E-state index is -6.09. The zero-order valence-corrected chi connectivity index (χ0v) is 16.0. The van der Waals surface area contributed by atoms with E-state index in [1.807, 2.05) is 0 Å². The van der Waals surface area contributed by atoms with Gasteiger partial charge in [-0.2, -0.15) is 13.2 Å². The van der Waals surface area contributed by atoms with Crippen molar-refractivity contribution in [1.82, 2.24) is 0 Å². The zero-order chi connectivity index (χ0) is 17.9. The average Bonchev–Trinajstić information content (AvgIpc) is 2.12. The molecule has 0 bridgehead atoms. The molecule has 21 heavy (non-hydrogen) atoms. The van der Waals surface area contributed by atoms with E-state index in [2.05, 4.69) is 55.4 Å². The lowest BCUT2D eigenvalue weighted by molar-refractivity contribution is -0.0517. The van der Waals surface area contributed by atoms with Gasteiger partial charge in [-0.3, -0.25) is 0 Å². The molecule has 0 rings (SSSR count). The Balaban J connectivity index is 0. The highest BCUT2D eigenvalue weighted by Crippen LogP contribution is 2.50. The normalized spacial score (nSPS) is 14.2. The maximum absolute atomic E-state index is 10.7. The van der Waals surface area contributed by atoms with Crippen LogP contribution in [0.4, 0.5) is 13.2 Å². The third-order valence-corrected chi connectivity index (χ3v) is 7.39. The number of hydrogen-bond acceptors (Lipinski definition) is 3. The summed E-state index contributed by atoms with van der Waals surface area (Å²) < 4.78 is 58.9. The molecule has 0 saturated carbocycles. The predicted octanol–water partition coefficient (Wildman–Crippen LogP) is 4.32. The highest BCUT2D eigenvalue weighted by Gasteiger charge is 2.39. The van der Waals surface area contributed by atoms with Crippen molar-refractivity contribution < 1.29 is 26.1 Å². The Morgan fingerprint density at radius 3 is 1.14 bits per heavy atom. The Morgan fingerprint density at radius 2 is 1.05 bits per heavy atom. The van der Waals surface area contributed by atoms with Gasteiger partial charge in [-0.15, -0.1) is 0 Å². The summed E-state index contributed by atoms with van der Waals surface area (Å²) in [5.41, 5.74) is -5.65. The van der Waals surface area contributed by atoms with Crippen LogP contribution in [0, 0.1) is 11.8 Å². The van der Waals surface area contributed by atoms with E-state index < -0.39 is 15.6 Å². The van der Waals surface area contributed by atoms with Crippen LogP contribution in [0.2, 0.25) is 0 Å². The Bertz CT molecular complexity index is 395. The van der Waals surface area contributed by atoms with E-state index in [0.717, 1.165) is 11.8 Å². The van der Waals surface area contributed by atoms with Gasteiger partial charge in [0.1, 0.15) is 0 Å². The van der Waals surface area contributed by atoms with Gasteiger partial charge in [0.25, 0.3) is 0 Å². The van der Waals surface area contributed by atoms with Crippen LogP contribution >= 0.6 is 8.58 Å². The van der Waals surface area contributed by atoms with E-state index in [1.54, 1.807) is 0 Å². The molecule has 0 aliphatic heterocycles. The van der Waals surface area contributed by atoms with Crippen LogP contribution in [0.25, 0.3) is 0 Å². The molecule has 0 aliphatic rings. The number of hydrogen-bond donors (Lipinski definition) is 0. The highest BCUT2D eigenvalue weighted by atomic mass is 32.2. The third kappa shape index (κ3) is 8.99. The van der Waals surface area contributed by atoms with Gasteiger partial charge in [0.2, 0.25) is 0 Å². The van der Waals surface area contributed by atoms with Crippen molar-refractivity contribution in [3.8, 4) is 0 Å². The molecule has 0 N–H and O–H groups in total. The smallest absolute Gasteiger partial charge is 0.485 e. The third-order valence-electron chi connectivity index (χ3n) is 4.00. The van der Waals surface area contributed by atoms with Crippen molar-refractivity contribution >= 4 is 18.7 Å².